The number of carboxylic acids is 1. The van der Waals surface area contributed by atoms with Crippen molar-refractivity contribution in [2.24, 2.45) is 0 Å². The number of hydrogen-bond acceptors (Lipinski definition) is 7. The molecule has 0 amide bonds. The zero-order valence-corrected chi connectivity index (χ0v) is 23.1. The molecule has 0 saturated heterocycles. The van der Waals surface area contributed by atoms with Crippen molar-refractivity contribution < 1.29 is 32.1 Å². The van der Waals surface area contributed by atoms with Crippen LogP contribution < -0.4 is 4.18 Å². The van der Waals surface area contributed by atoms with Crippen LogP contribution in [0, 0.1) is 6.92 Å². The number of carbonyl (C=O) groups is 3. The molecular weight excluding hydrogens is 574 g/mol. The van der Waals surface area contributed by atoms with Gasteiger partial charge in [-0.25, -0.2) is 0 Å². The molecule has 2 aliphatic carbocycles. The molecule has 198 valence electrons. The van der Waals surface area contributed by atoms with E-state index in [0.717, 1.165) is 5.56 Å². The zero-order chi connectivity index (χ0) is 27.2. The van der Waals surface area contributed by atoms with Gasteiger partial charge in [0.2, 0.25) is 0 Å². The Kier molecular flexibility index (Phi) is 7.04. The minimum absolute atomic E-state index is 0.0232. The molecular formula is C28H26BrNO7S. The standard InChI is InChI=1S/C28H26BrNO7S/c1-16-8-11-18(12-9-16)38(35,36)37-24-13-10-17(14-19(24)29)26-27-20(4-2-6-22(27)31)30(15-25(33)34)21-5-3-7-23(32)28(21)26/h8-14,26H,2-7,15H2,1H3,(H,33,34). The number of allylic oxidation sites excluding steroid dienone is 4. The summed E-state index contributed by atoms with van der Waals surface area (Å²) in [6, 6.07) is 11.2. The third-order valence-electron chi connectivity index (χ3n) is 7.18. The first-order chi connectivity index (χ1) is 18.1. The second kappa shape index (κ2) is 10.1. The molecule has 38 heavy (non-hydrogen) atoms. The van der Waals surface area contributed by atoms with Gasteiger partial charge >= 0.3 is 16.1 Å². The van der Waals surface area contributed by atoms with Crippen molar-refractivity contribution in [2.75, 3.05) is 6.54 Å². The first-order valence-electron chi connectivity index (χ1n) is 12.4. The van der Waals surface area contributed by atoms with Crippen molar-refractivity contribution in [1.82, 2.24) is 4.90 Å². The largest absolute Gasteiger partial charge is 0.480 e. The monoisotopic (exact) mass is 599 g/mol. The number of rotatable bonds is 6. The van der Waals surface area contributed by atoms with Gasteiger partial charge in [-0.15, -0.1) is 0 Å². The number of hydrogen-bond donors (Lipinski definition) is 1. The van der Waals surface area contributed by atoms with Gasteiger partial charge in [0, 0.05) is 41.3 Å². The molecule has 0 radical (unpaired) electrons. The van der Waals surface area contributed by atoms with E-state index in [1.165, 1.54) is 18.2 Å². The highest BCUT2D eigenvalue weighted by Crippen LogP contribution is 2.49. The fraction of sp³-hybridized carbons (Fsp3) is 0.321. The predicted octanol–water partition coefficient (Wildman–Crippen LogP) is 5.02. The number of nitrogens with zero attached hydrogens (tertiary/aromatic N) is 1. The Balaban J connectivity index is 1.58. The minimum atomic E-state index is -4.08. The smallest absolute Gasteiger partial charge is 0.339 e. The second-order valence-electron chi connectivity index (χ2n) is 9.73. The van der Waals surface area contributed by atoms with Crippen molar-refractivity contribution in [2.45, 2.75) is 56.3 Å². The molecule has 1 heterocycles. The molecule has 1 N–H and O–H groups in total. The number of Topliss-reactive ketones (excluding diaryl/α,β-unsaturated/α-hetero) is 2. The van der Waals surface area contributed by atoms with Crippen molar-refractivity contribution in [3.63, 3.8) is 0 Å². The van der Waals surface area contributed by atoms with Gasteiger partial charge in [-0.1, -0.05) is 23.8 Å². The van der Waals surface area contributed by atoms with Crippen molar-refractivity contribution in [1.29, 1.82) is 0 Å². The lowest BCUT2D eigenvalue weighted by Crippen LogP contribution is -2.41. The Morgan fingerprint density at radius 2 is 1.55 bits per heavy atom. The summed E-state index contributed by atoms with van der Waals surface area (Å²) in [5, 5.41) is 9.59. The lowest BCUT2D eigenvalue weighted by molar-refractivity contribution is -0.138. The zero-order valence-electron chi connectivity index (χ0n) is 20.7. The quantitative estimate of drug-likeness (QED) is 0.460. The molecule has 0 bridgehead atoms. The van der Waals surface area contributed by atoms with Gasteiger partial charge in [0.25, 0.3) is 0 Å². The van der Waals surface area contributed by atoms with Gasteiger partial charge in [-0.2, -0.15) is 8.42 Å². The fourth-order valence-corrected chi connectivity index (χ4v) is 7.04. The number of aliphatic carboxylic acids is 1. The van der Waals surface area contributed by atoms with Crippen LogP contribution in [0.1, 0.15) is 55.6 Å². The van der Waals surface area contributed by atoms with Crippen molar-refractivity contribution in [3.05, 3.63) is 80.6 Å². The molecule has 0 spiro atoms. The van der Waals surface area contributed by atoms with Crippen LogP contribution in [0.4, 0.5) is 0 Å². The molecule has 0 fully saturated rings. The number of aryl methyl sites for hydroxylation is 1. The number of ketones is 2. The van der Waals surface area contributed by atoms with Crippen molar-refractivity contribution >= 4 is 43.6 Å². The average Bonchev–Trinajstić information content (AvgIpc) is 2.86. The van der Waals surface area contributed by atoms with Gasteiger partial charge < -0.3 is 14.2 Å². The molecule has 0 atom stereocenters. The van der Waals surface area contributed by atoms with Crippen LogP contribution in [0.2, 0.25) is 0 Å². The molecule has 2 aromatic rings. The topological polar surface area (TPSA) is 118 Å². The van der Waals surface area contributed by atoms with E-state index in [-0.39, 0.29) is 28.8 Å². The van der Waals surface area contributed by atoms with E-state index in [1.54, 1.807) is 29.2 Å². The SMILES string of the molecule is Cc1ccc(S(=O)(=O)Oc2ccc(C3C4=C(CCCC4=O)N(CC(=O)O)C4=C3C(=O)CCC4)cc2Br)cc1. The summed E-state index contributed by atoms with van der Waals surface area (Å²) in [5.74, 6) is -1.81. The lowest BCUT2D eigenvalue weighted by atomic mass is 9.71. The highest BCUT2D eigenvalue weighted by atomic mass is 79.9. The summed E-state index contributed by atoms with van der Waals surface area (Å²) in [4.78, 5) is 39.9. The molecule has 3 aliphatic rings. The summed E-state index contributed by atoms with van der Waals surface area (Å²) in [6.07, 6.45) is 2.98. The molecule has 0 aromatic heterocycles. The summed E-state index contributed by atoms with van der Waals surface area (Å²) >= 11 is 3.42. The first kappa shape index (κ1) is 26.4. The van der Waals surface area contributed by atoms with Crippen LogP contribution >= 0.6 is 15.9 Å². The molecule has 1 aliphatic heterocycles. The number of carboxylic acid groups (broad SMARTS) is 1. The Hall–Kier alpha value is -3.24. The van der Waals surface area contributed by atoms with E-state index in [9.17, 15) is 27.9 Å². The van der Waals surface area contributed by atoms with Crippen LogP contribution in [-0.4, -0.2) is 42.5 Å². The average molecular weight is 600 g/mol. The minimum Gasteiger partial charge on any atom is -0.480 e. The lowest BCUT2D eigenvalue weighted by Gasteiger charge is -2.43. The molecule has 5 rings (SSSR count). The summed E-state index contributed by atoms with van der Waals surface area (Å²) in [5.41, 5.74) is 3.80. The number of halogens is 1. The summed E-state index contributed by atoms with van der Waals surface area (Å²) in [7, 11) is -4.08. The maximum atomic E-state index is 13.3. The number of carbonyl (C=O) groups excluding carboxylic acids is 2. The van der Waals surface area contributed by atoms with Crippen LogP contribution in [0.15, 0.2) is 74.4 Å². The van der Waals surface area contributed by atoms with E-state index in [0.29, 0.717) is 71.1 Å². The van der Waals surface area contributed by atoms with E-state index in [2.05, 4.69) is 15.9 Å². The molecule has 8 nitrogen and oxygen atoms in total. The third-order valence-corrected chi connectivity index (χ3v) is 9.05. The Morgan fingerprint density at radius 1 is 0.974 bits per heavy atom. The highest BCUT2D eigenvalue weighted by Gasteiger charge is 2.43. The predicted molar refractivity (Wildman–Crippen MR) is 142 cm³/mol. The summed E-state index contributed by atoms with van der Waals surface area (Å²) < 4.78 is 31.4. The van der Waals surface area contributed by atoms with Gasteiger partial charge in [-0.05, 0) is 78.4 Å². The van der Waals surface area contributed by atoms with E-state index in [4.69, 9.17) is 4.18 Å². The molecule has 2 aromatic carbocycles. The molecule has 0 unspecified atom stereocenters. The van der Waals surface area contributed by atoms with Gasteiger partial charge in [-0.3, -0.25) is 14.4 Å². The van der Waals surface area contributed by atoms with Crippen LogP contribution in [-0.2, 0) is 24.5 Å². The summed E-state index contributed by atoms with van der Waals surface area (Å²) in [6.45, 7) is 1.55. The Bertz CT molecular complexity index is 1480. The second-order valence-corrected chi connectivity index (χ2v) is 12.1. The maximum Gasteiger partial charge on any atom is 0.339 e. The van der Waals surface area contributed by atoms with E-state index >= 15 is 0 Å². The van der Waals surface area contributed by atoms with Gasteiger partial charge in [0.15, 0.2) is 17.3 Å². The number of benzene rings is 2. The Labute approximate surface area is 229 Å². The Morgan fingerprint density at radius 3 is 2.08 bits per heavy atom. The van der Waals surface area contributed by atoms with Gasteiger partial charge in [0.05, 0.1) is 4.47 Å². The molecule has 0 saturated carbocycles. The molecule has 10 heteroatoms. The van der Waals surface area contributed by atoms with Crippen molar-refractivity contribution in [3.8, 4) is 5.75 Å². The normalized spacial score (nSPS) is 18.4. The van der Waals surface area contributed by atoms with E-state index < -0.39 is 22.0 Å². The third kappa shape index (κ3) is 4.82. The highest BCUT2D eigenvalue weighted by molar-refractivity contribution is 9.10. The van der Waals surface area contributed by atoms with Gasteiger partial charge in [0.1, 0.15) is 11.4 Å². The van der Waals surface area contributed by atoms with Crippen LogP contribution in [0.5, 0.6) is 5.75 Å². The first-order valence-corrected chi connectivity index (χ1v) is 14.6. The van der Waals surface area contributed by atoms with E-state index in [1.807, 2.05) is 6.92 Å². The maximum absolute atomic E-state index is 13.3. The van der Waals surface area contributed by atoms with Crippen LogP contribution in [0.3, 0.4) is 0 Å². The fourth-order valence-electron chi connectivity index (χ4n) is 5.51. The van der Waals surface area contributed by atoms with Crippen LogP contribution in [0.25, 0.3) is 0 Å².